The highest BCUT2D eigenvalue weighted by molar-refractivity contribution is 5.76. The minimum Gasteiger partial charge on any atom is -0.355 e. The van der Waals surface area contributed by atoms with E-state index in [1.165, 1.54) is 28.1 Å². The molecule has 0 bridgehead atoms. The Morgan fingerprint density at radius 2 is 1.64 bits per heavy atom. The molecule has 0 saturated carbocycles. The second-order valence-corrected chi connectivity index (χ2v) is 7.37. The monoisotopic (exact) mass is 335 g/mol. The van der Waals surface area contributed by atoms with E-state index >= 15 is 0 Å². The third-order valence-corrected chi connectivity index (χ3v) is 6.13. The summed E-state index contributed by atoms with van der Waals surface area (Å²) in [6, 6.07) is 15.9. The number of benzene rings is 2. The Balaban J connectivity index is 1.73. The molecule has 25 heavy (non-hydrogen) atoms. The van der Waals surface area contributed by atoms with Gasteiger partial charge in [-0.1, -0.05) is 44.2 Å². The van der Waals surface area contributed by atoms with Gasteiger partial charge in [0.25, 0.3) is 0 Å². The van der Waals surface area contributed by atoms with Crippen molar-refractivity contribution in [3.05, 3.63) is 59.2 Å². The van der Waals surface area contributed by atoms with Crippen LogP contribution in [0.15, 0.2) is 42.5 Å². The van der Waals surface area contributed by atoms with E-state index in [1.807, 2.05) is 0 Å². The van der Waals surface area contributed by atoms with Crippen LogP contribution in [0.1, 0.15) is 43.4 Å². The van der Waals surface area contributed by atoms with Crippen LogP contribution in [0.4, 0.5) is 11.4 Å². The van der Waals surface area contributed by atoms with E-state index in [2.05, 4.69) is 71.8 Å². The Labute approximate surface area is 151 Å². The van der Waals surface area contributed by atoms with Gasteiger partial charge in [0.1, 0.15) is 0 Å². The quantitative estimate of drug-likeness (QED) is 0.874. The fourth-order valence-corrected chi connectivity index (χ4v) is 4.63. The molecule has 2 aromatic rings. The van der Waals surface area contributed by atoms with Gasteiger partial charge in [0, 0.05) is 49.5 Å². The average Bonchev–Trinajstić information content (AvgIpc) is 2.67. The third-order valence-electron chi connectivity index (χ3n) is 6.13. The van der Waals surface area contributed by atoms with E-state index in [9.17, 15) is 0 Å². The molecule has 132 valence electrons. The number of fused-ring (bicyclic) bond motifs is 2. The molecule has 4 rings (SSSR count). The van der Waals surface area contributed by atoms with Gasteiger partial charge in [-0.15, -0.1) is 0 Å². The van der Waals surface area contributed by atoms with Crippen molar-refractivity contribution in [2.24, 2.45) is 0 Å². The van der Waals surface area contributed by atoms with Gasteiger partial charge in [-0.3, -0.25) is 4.90 Å². The maximum absolute atomic E-state index is 3.67. The lowest BCUT2D eigenvalue weighted by Crippen LogP contribution is -2.43. The predicted octanol–water partition coefficient (Wildman–Crippen LogP) is 4.25. The summed E-state index contributed by atoms with van der Waals surface area (Å²) < 4.78 is 0. The Morgan fingerprint density at radius 1 is 0.920 bits per heavy atom. The van der Waals surface area contributed by atoms with Crippen molar-refractivity contribution in [1.82, 2.24) is 10.2 Å². The molecule has 2 aliphatic heterocycles. The lowest BCUT2D eigenvalue weighted by atomic mass is 9.67. The normalized spacial score (nSPS) is 19.0. The average molecular weight is 335 g/mol. The molecule has 2 heterocycles. The largest absolute Gasteiger partial charge is 0.355 e. The van der Waals surface area contributed by atoms with E-state index in [-0.39, 0.29) is 5.41 Å². The van der Waals surface area contributed by atoms with Crippen LogP contribution in [0.25, 0.3) is 0 Å². The summed E-state index contributed by atoms with van der Waals surface area (Å²) in [4.78, 5) is 2.56. The minimum absolute atomic E-state index is 0.122. The minimum atomic E-state index is 0.122. The highest BCUT2D eigenvalue weighted by Gasteiger charge is 2.37. The smallest absolute Gasteiger partial charge is 0.0426 e. The number of nitrogens with one attached hydrogen (secondary N) is 2. The van der Waals surface area contributed by atoms with Gasteiger partial charge in [0.15, 0.2) is 0 Å². The molecule has 0 radical (unpaired) electrons. The van der Waals surface area contributed by atoms with Crippen LogP contribution < -0.4 is 10.6 Å². The lowest BCUT2D eigenvalue weighted by Gasteiger charge is -2.40. The van der Waals surface area contributed by atoms with Gasteiger partial charge in [0.05, 0.1) is 0 Å². The summed E-state index contributed by atoms with van der Waals surface area (Å²) in [7, 11) is 0. The molecule has 0 aliphatic carbocycles. The number of para-hydroxylation sites is 1. The van der Waals surface area contributed by atoms with E-state index in [0.29, 0.717) is 0 Å². The van der Waals surface area contributed by atoms with Gasteiger partial charge in [-0.25, -0.2) is 0 Å². The fourth-order valence-electron chi connectivity index (χ4n) is 4.63. The molecular weight excluding hydrogens is 306 g/mol. The molecular formula is C22H29N3. The first-order chi connectivity index (χ1) is 12.3. The van der Waals surface area contributed by atoms with Crippen LogP contribution in [0, 0.1) is 0 Å². The summed E-state index contributed by atoms with van der Waals surface area (Å²) in [6.07, 6.45) is 2.26. The van der Waals surface area contributed by atoms with Crippen LogP contribution in [-0.4, -0.2) is 31.1 Å². The first-order valence-corrected chi connectivity index (χ1v) is 9.70. The van der Waals surface area contributed by atoms with Crippen molar-refractivity contribution in [2.45, 2.75) is 38.6 Å². The van der Waals surface area contributed by atoms with E-state index < -0.39 is 0 Å². The maximum atomic E-state index is 3.67. The molecule has 0 amide bonds. The van der Waals surface area contributed by atoms with Gasteiger partial charge in [-0.2, -0.15) is 0 Å². The molecule has 1 saturated heterocycles. The zero-order valence-corrected chi connectivity index (χ0v) is 15.4. The molecule has 2 aromatic carbocycles. The molecule has 0 spiro atoms. The maximum Gasteiger partial charge on any atom is 0.0426 e. The topological polar surface area (TPSA) is 27.3 Å². The van der Waals surface area contributed by atoms with Gasteiger partial charge >= 0.3 is 0 Å². The Kier molecular flexibility index (Phi) is 4.53. The molecule has 1 fully saturated rings. The Morgan fingerprint density at radius 3 is 2.40 bits per heavy atom. The second kappa shape index (κ2) is 6.81. The number of hydrogen-bond acceptors (Lipinski definition) is 3. The third kappa shape index (κ3) is 2.86. The zero-order valence-electron chi connectivity index (χ0n) is 15.4. The molecule has 0 unspecified atom stereocenters. The molecule has 0 atom stereocenters. The first-order valence-electron chi connectivity index (χ1n) is 9.70. The standard InChI is InChI=1S/C22H29N3/c1-3-22(4-2)18-7-5-6-8-20(18)24-21-10-9-17(15-19(21)22)16-25-13-11-23-12-14-25/h5-10,15,23-24H,3-4,11-14,16H2,1-2H3. The molecule has 0 aromatic heterocycles. The number of rotatable bonds is 4. The first kappa shape index (κ1) is 16.6. The summed E-state index contributed by atoms with van der Waals surface area (Å²) >= 11 is 0. The van der Waals surface area contributed by atoms with Crippen LogP contribution in [0.5, 0.6) is 0 Å². The number of hydrogen-bond donors (Lipinski definition) is 2. The van der Waals surface area contributed by atoms with Crippen LogP contribution in [0.3, 0.4) is 0 Å². The van der Waals surface area contributed by atoms with Crippen molar-refractivity contribution >= 4 is 11.4 Å². The van der Waals surface area contributed by atoms with Crippen molar-refractivity contribution in [2.75, 3.05) is 31.5 Å². The number of piperazine rings is 1. The lowest BCUT2D eigenvalue weighted by molar-refractivity contribution is 0.233. The summed E-state index contributed by atoms with van der Waals surface area (Å²) in [5.74, 6) is 0. The highest BCUT2D eigenvalue weighted by Crippen LogP contribution is 2.49. The van der Waals surface area contributed by atoms with Gasteiger partial charge < -0.3 is 10.6 Å². The predicted molar refractivity (Wildman–Crippen MR) is 106 cm³/mol. The summed E-state index contributed by atoms with van der Waals surface area (Å²) in [6.45, 7) is 10.2. The van der Waals surface area contributed by atoms with Crippen LogP contribution in [0.2, 0.25) is 0 Å². The van der Waals surface area contributed by atoms with E-state index in [1.54, 1.807) is 0 Å². The highest BCUT2D eigenvalue weighted by atomic mass is 15.2. The summed E-state index contributed by atoms with van der Waals surface area (Å²) in [5, 5.41) is 7.11. The SMILES string of the molecule is CCC1(CC)c2ccccc2Nc2ccc(CN3CCNCC3)cc21. The van der Waals surface area contributed by atoms with Crippen molar-refractivity contribution < 1.29 is 0 Å². The zero-order chi connectivity index (χ0) is 17.3. The van der Waals surface area contributed by atoms with Crippen molar-refractivity contribution in [1.29, 1.82) is 0 Å². The van der Waals surface area contributed by atoms with Crippen LogP contribution in [-0.2, 0) is 12.0 Å². The van der Waals surface area contributed by atoms with Crippen molar-refractivity contribution in [3.63, 3.8) is 0 Å². The molecule has 2 aliphatic rings. The number of anilines is 2. The second-order valence-electron chi connectivity index (χ2n) is 7.37. The molecule has 3 heteroatoms. The van der Waals surface area contributed by atoms with Crippen molar-refractivity contribution in [3.8, 4) is 0 Å². The fraction of sp³-hybridized carbons (Fsp3) is 0.455. The van der Waals surface area contributed by atoms with Gasteiger partial charge in [0.2, 0.25) is 0 Å². The Bertz CT molecular complexity index is 743. The summed E-state index contributed by atoms with van der Waals surface area (Å²) in [5.41, 5.74) is 7.04. The van der Waals surface area contributed by atoms with Crippen LogP contribution >= 0.6 is 0 Å². The number of nitrogens with zero attached hydrogens (tertiary/aromatic N) is 1. The van der Waals surface area contributed by atoms with E-state index in [4.69, 9.17) is 0 Å². The van der Waals surface area contributed by atoms with Gasteiger partial charge in [-0.05, 0) is 41.7 Å². The Hall–Kier alpha value is -1.84. The van der Waals surface area contributed by atoms with E-state index in [0.717, 1.165) is 45.6 Å². The molecule has 2 N–H and O–H groups in total. The molecule has 3 nitrogen and oxygen atoms in total.